The third kappa shape index (κ3) is 2.85. The number of hydrogen-bond donors (Lipinski definition) is 0. The lowest BCUT2D eigenvalue weighted by Gasteiger charge is -2.07. The second-order valence-electron chi connectivity index (χ2n) is 4.21. The molecule has 1 heterocycles. The number of hydrogen-bond acceptors (Lipinski definition) is 2. The van der Waals surface area contributed by atoms with Crippen LogP contribution < -0.4 is 0 Å². The van der Waals surface area contributed by atoms with Gasteiger partial charge in [0.1, 0.15) is 11.0 Å². The molecule has 0 atom stereocenters. The van der Waals surface area contributed by atoms with Crippen LogP contribution in [0.15, 0.2) is 24.3 Å². The van der Waals surface area contributed by atoms with E-state index >= 15 is 0 Å². The minimum absolute atomic E-state index is 0.295. The van der Waals surface area contributed by atoms with Gasteiger partial charge in [0.15, 0.2) is 5.82 Å². The fourth-order valence-corrected chi connectivity index (χ4v) is 2.01. The predicted molar refractivity (Wildman–Crippen MR) is 71.2 cm³/mol. The Bertz CT molecular complexity index is 570. The predicted octanol–water partition coefficient (Wildman–Crippen LogP) is 4.20. The molecule has 0 fully saturated rings. The van der Waals surface area contributed by atoms with Gasteiger partial charge in [0, 0.05) is 11.3 Å². The van der Waals surface area contributed by atoms with Crippen LogP contribution in [0.25, 0.3) is 11.4 Å². The smallest absolute Gasteiger partial charge is 0.161 e. The van der Waals surface area contributed by atoms with E-state index in [1.165, 1.54) is 12.1 Å². The molecule has 2 nitrogen and oxygen atoms in total. The number of aromatic nitrogens is 2. The van der Waals surface area contributed by atoms with E-state index in [4.69, 9.17) is 11.6 Å². The summed E-state index contributed by atoms with van der Waals surface area (Å²) in [5.41, 5.74) is 2.51. The molecule has 0 saturated carbocycles. The maximum atomic E-state index is 13.3. The zero-order valence-electron chi connectivity index (χ0n) is 10.4. The molecule has 1 aromatic heterocycles. The summed E-state index contributed by atoms with van der Waals surface area (Å²) >= 11 is 5.98. The molecule has 0 aliphatic heterocycles. The van der Waals surface area contributed by atoms with Gasteiger partial charge in [0.05, 0.1) is 0 Å². The summed E-state index contributed by atoms with van der Waals surface area (Å²) in [6, 6.07) is 6.34. The van der Waals surface area contributed by atoms with Crippen molar-refractivity contribution in [3.63, 3.8) is 0 Å². The van der Waals surface area contributed by atoms with Crippen molar-refractivity contribution in [3.8, 4) is 11.4 Å². The molecule has 0 amide bonds. The lowest BCUT2D eigenvalue weighted by atomic mass is 10.1. The van der Waals surface area contributed by atoms with Crippen molar-refractivity contribution >= 4 is 11.6 Å². The van der Waals surface area contributed by atoms with Gasteiger partial charge in [-0.15, -0.1) is 0 Å². The molecule has 0 bridgehead atoms. The highest BCUT2D eigenvalue weighted by Crippen LogP contribution is 2.23. The zero-order valence-corrected chi connectivity index (χ0v) is 11.1. The van der Waals surface area contributed by atoms with Crippen LogP contribution >= 0.6 is 11.6 Å². The summed E-state index contributed by atoms with van der Waals surface area (Å²) in [5.74, 6) is 0.194. The van der Waals surface area contributed by atoms with Gasteiger partial charge >= 0.3 is 0 Å². The minimum Gasteiger partial charge on any atom is -0.233 e. The third-order valence-electron chi connectivity index (χ3n) is 2.69. The highest BCUT2D eigenvalue weighted by Gasteiger charge is 2.09. The number of benzene rings is 1. The van der Waals surface area contributed by atoms with E-state index in [2.05, 4.69) is 16.9 Å². The second kappa shape index (κ2) is 5.44. The Morgan fingerprint density at radius 1 is 1.22 bits per heavy atom. The number of nitrogens with zero attached hydrogens (tertiary/aromatic N) is 2. The summed E-state index contributed by atoms with van der Waals surface area (Å²) in [6.45, 7) is 3.97. The van der Waals surface area contributed by atoms with Crippen molar-refractivity contribution in [2.45, 2.75) is 26.7 Å². The van der Waals surface area contributed by atoms with Gasteiger partial charge in [0.25, 0.3) is 0 Å². The van der Waals surface area contributed by atoms with Crippen LogP contribution in [-0.2, 0) is 6.42 Å². The first-order chi connectivity index (χ1) is 8.60. The maximum Gasteiger partial charge on any atom is 0.161 e. The van der Waals surface area contributed by atoms with Gasteiger partial charge in [-0.3, -0.25) is 0 Å². The molecule has 0 aliphatic rings. The van der Waals surface area contributed by atoms with Gasteiger partial charge in [-0.1, -0.05) is 31.0 Å². The highest BCUT2D eigenvalue weighted by atomic mass is 35.5. The monoisotopic (exact) mass is 264 g/mol. The Hall–Kier alpha value is -1.48. The molecule has 0 aliphatic carbocycles. The maximum absolute atomic E-state index is 13.3. The summed E-state index contributed by atoms with van der Waals surface area (Å²) in [7, 11) is 0. The molecule has 1 aromatic carbocycles. The van der Waals surface area contributed by atoms with Gasteiger partial charge in [0.2, 0.25) is 0 Å². The van der Waals surface area contributed by atoms with Crippen LogP contribution in [0.2, 0.25) is 5.15 Å². The molecule has 0 spiro atoms. The largest absolute Gasteiger partial charge is 0.233 e. The van der Waals surface area contributed by atoms with Crippen molar-refractivity contribution in [1.82, 2.24) is 9.97 Å². The van der Waals surface area contributed by atoms with E-state index in [1.54, 1.807) is 12.1 Å². The molecule has 4 heteroatoms. The van der Waals surface area contributed by atoms with Crippen LogP contribution in [-0.4, -0.2) is 9.97 Å². The van der Waals surface area contributed by atoms with Crippen LogP contribution in [0.4, 0.5) is 4.39 Å². The van der Waals surface area contributed by atoms with E-state index in [9.17, 15) is 4.39 Å². The normalized spacial score (nSPS) is 10.7. The first-order valence-electron chi connectivity index (χ1n) is 5.90. The van der Waals surface area contributed by atoms with Gasteiger partial charge in [-0.05, 0) is 37.1 Å². The fourth-order valence-electron chi connectivity index (χ4n) is 1.80. The molecule has 0 saturated heterocycles. The zero-order chi connectivity index (χ0) is 13.1. The van der Waals surface area contributed by atoms with Gasteiger partial charge in [-0.2, -0.15) is 0 Å². The Balaban J connectivity index is 2.52. The Kier molecular flexibility index (Phi) is 3.92. The average Bonchev–Trinajstić information content (AvgIpc) is 2.32. The number of rotatable bonds is 3. The van der Waals surface area contributed by atoms with Gasteiger partial charge in [-0.25, -0.2) is 14.4 Å². The molecule has 94 valence electrons. The Labute approximate surface area is 111 Å². The summed E-state index contributed by atoms with van der Waals surface area (Å²) < 4.78 is 13.3. The Morgan fingerprint density at radius 2 is 2.00 bits per heavy atom. The SMILES string of the molecule is CCCc1cc(Cl)nc(-c2cc(F)ccc2C)n1. The number of aryl methyl sites for hydroxylation is 2. The molecule has 0 radical (unpaired) electrons. The van der Waals surface area contributed by atoms with E-state index in [0.29, 0.717) is 16.5 Å². The van der Waals surface area contributed by atoms with Crippen molar-refractivity contribution in [1.29, 1.82) is 0 Å². The van der Waals surface area contributed by atoms with Crippen molar-refractivity contribution in [2.75, 3.05) is 0 Å². The first-order valence-corrected chi connectivity index (χ1v) is 6.28. The average molecular weight is 265 g/mol. The van der Waals surface area contributed by atoms with E-state index in [-0.39, 0.29) is 5.82 Å². The van der Waals surface area contributed by atoms with Crippen LogP contribution in [0, 0.1) is 12.7 Å². The molecule has 0 unspecified atom stereocenters. The molecule has 0 N–H and O–H groups in total. The first kappa shape index (κ1) is 13.0. The van der Waals surface area contributed by atoms with Crippen LogP contribution in [0.3, 0.4) is 0 Å². The van der Waals surface area contributed by atoms with Crippen LogP contribution in [0.1, 0.15) is 24.6 Å². The lowest BCUT2D eigenvalue weighted by molar-refractivity contribution is 0.627. The van der Waals surface area contributed by atoms with E-state index in [1.807, 2.05) is 6.92 Å². The van der Waals surface area contributed by atoms with Crippen molar-refractivity contribution in [3.05, 3.63) is 46.5 Å². The van der Waals surface area contributed by atoms with Crippen LogP contribution in [0.5, 0.6) is 0 Å². The molecule has 18 heavy (non-hydrogen) atoms. The lowest BCUT2D eigenvalue weighted by Crippen LogP contribution is -1.98. The van der Waals surface area contributed by atoms with E-state index < -0.39 is 0 Å². The fraction of sp³-hybridized carbons (Fsp3) is 0.286. The topological polar surface area (TPSA) is 25.8 Å². The van der Waals surface area contributed by atoms with E-state index in [0.717, 1.165) is 24.1 Å². The minimum atomic E-state index is -0.295. The molecular formula is C14H14ClFN2. The quantitative estimate of drug-likeness (QED) is 0.777. The summed E-state index contributed by atoms with van der Waals surface area (Å²) in [5, 5.41) is 0.395. The highest BCUT2D eigenvalue weighted by molar-refractivity contribution is 6.29. The molecule has 2 aromatic rings. The summed E-state index contributed by atoms with van der Waals surface area (Å²) in [6.07, 6.45) is 1.82. The summed E-state index contributed by atoms with van der Waals surface area (Å²) in [4.78, 5) is 8.61. The van der Waals surface area contributed by atoms with Crippen molar-refractivity contribution in [2.24, 2.45) is 0 Å². The molecule has 2 rings (SSSR count). The van der Waals surface area contributed by atoms with Gasteiger partial charge < -0.3 is 0 Å². The second-order valence-corrected chi connectivity index (χ2v) is 4.60. The van der Waals surface area contributed by atoms with Crippen molar-refractivity contribution < 1.29 is 4.39 Å². The third-order valence-corrected chi connectivity index (χ3v) is 2.89. The standard InChI is InChI=1S/C14H14ClFN2/c1-3-4-11-8-13(15)18-14(17-11)12-7-10(16)6-5-9(12)2/h5-8H,3-4H2,1-2H3. The number of halogens is 2. The Morgan fingerprint density at radius 3 is 2.72 bits per heavy atom. The molecular weight excluding hydrogens is 251 g/mol.